The smallest absolute Gasteiger partial charge is 0.354 e. The van der Waals surface area contributed by atoms with Gasteiger partial charge in [0.05, 0.1) is 0 Å². The third-order valence-corrected chi connectivity index (χ3v) is 2.82. The molecule has 1 rings (SSSR count). The third kappa shape index (κ3) is 7.72. The topological polar surface area (TPSA) is 44.4 Å². The fourth-order valence-electron chi connectivity index (χ4n) is 1.90. The lowest BCUT2D eigenvalue weighted by molar-refractivity contribution is -0.184. The third-order valence-electron chi connectivity index (χ3n) is 2.82. The lowest BCUT2D eigenvalue weighted by Crippen LogP contribution is -2.57. The lowest BCUT2D eigenvalue weighted by atomic mass is 10.2. The van der Waals surface area contributed by atoms with E-state index in [1.807, 2.05) is 0 Å². The van der Waals surface area contributed by atoms with E-state index >= 15 is 0 Å². The Balaban J connectivity index is 0.00000400. The monoisotopic (exact) mass is 343 g/mol. The molecule has 0 spiro atoms. The molecule has 1 saturated heterocycles. The van der Waals surface area contributed by atoms with Crippen LogP contribution in [0, 0.1) is 0 Å². The summed E-state index contributed by atoms with van der Waals surface area (Å²) in [6.45, 7) is 0.100. The predicted octanol–water partition coefficient (Wildman–Crippen LogP) is 1.31. The second-order valence-corrected chi connectivity index (χ2v) is 4.44. The summed E-state index contributed by atoms with van der Waals surface area (Å²) in [5, 5.41) is 4.57. The molecule has 0 bridgehead atoms. The summed E-state index contributed by atoms with van der Waals surface area (Å²) >= 11 is 0. The zero-order chi connectivity index (χ0) is 15.4. The van der Waals surface area contributed by atoms with Gasteiger partial charge >= 0.3 is 12.4 Å². The van der Waals surface area contributed by atoms with Crippen molar-refractivity contribution < 1.29 is 31.1 Å². The molecule has 0 radical (unpaired) electrons. The second kappa shape index (κ2) is 8.04. The van der Waals surface area contributed by atoms with Gasteiger partial charge in [0.15, 0.2) is 0 Å². The maximum Gasteiger partial charge on any atom is 0.405 e. The zero-order valence-electron chi connectivity index (χ0n) is 10.9. The van der Waals surface area contributed by atoms with Crippen molar-refractivity contribution in [2.24, 2.45) is 0 Å². The zero-order valence-corrected chi connectivity index (χ0v) is 11.7. The Bertz CT molecular complexity index is 330. The number of hydrogen-bond acceptors (Lipinski definition) is 3. The van der Waals surface area contributed by atoms with Crippen molar-refractivity contribution in [1.29, 1.82) is 0 Å². The van der Waals surface area contributed by atoms with E-state index < -0.39 is 37.3 Å². The SMILES string of the molecule is Cl.O=C(CC(F)(F)F)NCC(N1CCNCC1)C(F)(F)F. The van der Waals surface area contributed by atoms with E-state index in [2.05, 4.69) is 5.32 Å². The van der Waals surface area contributed by atoms with Crippen molar-refractivity contribution >= 4 is 18.3 Å². The number of nitrogens with zero attached hydrogens (tertiary/aromatic N) is 1. The quantitative estimate of drug-likeness (QED) is 0.757. The van der Waals surface area contributed by atoms with Crippen LogP contribution in [0.25, 0.3) is 0 Å². The Morgan fingerprint density at radius 2 is 1.67 bits per heavy atom. The van der Waals surface area contributed by atoms with Gasteiger partial charge in [-0.05, 0) is 0 Å². The van der Waals surface area contributed by atoms with Gasteiger partial charge in [-0.15, -0.1) is 12.4 Å². The first-order chi connectivity index (χ1) is 9.09. The van der Waals surface area contributed by atoms with E-state index in [9.17, 15) is 31.1 Å². The molecule has 0 aromatic carbocycles. The largest absolute Gasteiger partial charge is 0.405 e. The van der Waals surface area contributed by atoms with E-state index in [1.165, 1.54) is 0 Å². The van der Waals surface area contributed by atoms with Gasteiger partial charge < -0.3 is 10.6 Å². The minimum Gasteiger partial charge on any atom is -0.354 e. The average molecular weight is 344 g/mol. The molecule has 0 aromatic rings. The van der Waals surface area contributed by atoms with Crippen LogP contribution < -0.4 is 10.6 Å². The number of halogens is 7. The molecule has 0 aromatic heterocycles. The van der Waals surface area contributed by atoms with Crippen LogP contribution in [0.5, 0.6) is 0 Å². The maximum absolute atomic E-state index is 12.9. The minimum absolute atomic E-state index is 0. The molecular weight excluding hydrogens is 328 g/mol. The molecule has 1 fully saturated rings. The molecule has 21 heavy (non-hydrogen) atoms. The number of rotatable bonds is 4. The Morgan fingerprint density at radius 3 is 2.10 bits per heavy atom. The number of alkyl halides is 6. The van der Waals surface area contributed by atoms with Crippen LogP contribution >= 0.6 is 12.4 Å². The Labute approximate surface area is 123 Å². The molecule has 1 aliphatic rings. The van der Waals surface area contributed by atoms with Crippen LogP contribution in [0.3, 0.4) is 0 Å². The molecule has 126 valence electrons. The van der Waals surface area contributed by atoms with Crippen molar-refractivity contribution in [1.82, 2.24) is 15.5 Å². The molecule has 4 nitrogen and oxygen atoms in total. The highest BCUT2D eigenvalue weighted by Gasteiger charge is 2.44. The maximum atomic E-state index is 12.9. The summed E-state index contributed by atoms with van der Waals surface area (Å²) in [6, 6.07) is -1.97. The Morgan fingerprint density at radius 1 is 1.14 bits per heavy atom. The number of amides is 1. The number of carbonyl (C=O) groups excluding carboxylic acids is 1. The second-order valence-electron chi connectivity index (χ2n) is 4.44. The van der Waals surface area contributed by atoms with Crippen LogP contribution in [-0.4, -0.2) is 61.9 Å². The minimum atomic E-state index is -4.73. The first-order valence-corrected chi connectivity index (χ1v) is 5.94. The van der Waals surface area contributed by atoms with E-state index in [4.69, 9.17) is 0 Å². The van der Waals surface area contributed by atoms with Crippen LogP contribution in [0.15, 0.2) is 0 Å². The summed E-state index contributed by atoms with van der Waals surface area (Å²) in [6.07, 6.45) is -11.1. The Hall–Kier alpha value is -0.740. The van der Waals surface area contributed by atoms with Crippen LogP contribution in [0.1, 0.15) is 6.42 Å². The highest BCUT2D eigenvalue weighted by atomic mass is 35.5. The average Bonchev–Trinajstić information content (AvgIpc) is 2.26. The van der Waals surface area contributed by atoms with Crippen LogP contribution in [0.4, 0.5) is 26.3 Å². The summed E-state index contributed by atoms with van der Waals surface area (Å²) in [4.78, 5) is 12.0. The fraction of sp³-hybridized carbons (Fsp3) is 0.900. The molecule has 1 amide bonds. The summed E-state index contributed by atoms with van der Waals surface area (Å²) in [7, 11) is 0. The molecule has 1 heterocycles. The van der Waals surface area contributed by atoms with Gasteiger partial charge in [-0.2, -0.15) is 26.3 Å². The fourth-order valence-corrected chi connectivity index (χ4v) is 1.90. The molecule has 0 aliphatic carbocycles. The molecule has 1 aliphatic heterocycles. The number of nitrogens with one attached hydrogen (secondary N) is 2. The molecule has 1 unspecified atom stereocenters. The standard InChI is InChI=1S/C10H15F6N3O.ClH/c11-9(12,13)5-8(20)18-6-7(10(14,15)16)19-3-1-17-2-4-19;/h7,17H,1-6H2,(H,18,20);1H. The van der Waals surface area contributed by atoms with Crippen molar-refractivity contribution in [2.45, 2.75) is 24.8 Å². The number of piperazine rings is 1. The van der Waals surface area contributed by atoms with Crippen LogP contribution in [-0.2, 0) is 4.79 Å². The van der Waals surface area contributed by atoms with Gasteiger partial charge in [-0.1, -0.05) is 0 Å². The molecular formula is C10H16ClF6N3O. The highest BCUT2D eigenvalue weighted by molar-refractivity contribution is 5.85. The highest BCUT2D eigenvalue weighted by Crippen LogP contribution is 2.25. The Kier molecular flexibility index (Phi) is 7.76. The molecule has 0 saturated carbocycles. The van der Waals surface area contributed by atoms with Gasteiger partial charge in [0.1, 0.15) is 12.5 Å². The van der Waals surface area contributed by atoms with E-state index in [0.717, 1.165) is 4.90 Å². The van der Waals surface area contributed by atoms with Crippen molar-refractivity contribution in [2.75, 3.05) is 32.7 Å². The van der Waals surface area contributed by atoms with Gasteiger partial charge in [0, 0.05) is 32.7 Å². The summed E-state index contributed by atoms with van der Waals surface area (Å²) < 4.78 is 74.3. The van der Waals surface area contributed by atoms with Crippen LogP contribution in [0.2, 0.25) is 0 Å². The molecule has 1 atom stereocenters. The van der Waals surface area contributed by atoms with E-state index in [-0.39, 0.29) is 25.5 Å². The lowest BCUT2D eigenvalue weighted by Gasteiger charge is -2.35. The van der Waals surface area contributed by atoms with Crippen molar-refractivity contribution in [3.8, 4) is 0 Å². The van der Waals surface area contributed by atoms with Crippen molar-refractivity contribution in [3.05, 3.63) is 0 Å². The molecule has 11 heteroatoms. The number of carbonyl (C=O) groups is 1. The first-order valence-electron chi connectivity index (χ1n) is 5.94. The number of hydrogen-bond donors (Lipinski definition) is 2. The van der Waals surface area contributed by atoms with E-state index in [0.29, 0.717) is 13.1 Å². The van der Waals surface area contributed by atoms with E-state index in [1.54, 1.807) is 5.32 Å². The summed E-state index contributed by atoms with van der Waals surface area (Å²) in [5.41, 5.74) is 0. The first kappa shape index (κ1) is 20.3. The van der Waals surface area contributed by atoms with Gasteiger partial charge in [-0.25, -0.2) is 0 Å². The van der Waals surface area contributed by atoms with Gasteiger partial charge in [0.25, 0.3) is 0 Å². The normalized spacial score (nSPS) is 18.8. The van der Waals surface area contributed by atoms with Gasteiger partial charge in [-0.3, -0.25) is 9.69 Å². The predicted molar refractivity (Wildman–Crippen MR) is 65.2 cm³/mol. The summed E-state index contributed by atoms with van der Waals surface area (Å²) in [5.74, 6) is -1.46. The van der Waals surface area contributed by atoms with Gasteiger partial charge in [0.2, 0.25) is 5.91 Å². The van der Waals surface area contributed by atoms with Crippen molar-refractivity contribution in [3.63, 3.8) is 0 Å². The molecule has 2 N–H and O–H groups in total.